The summed E-state index contributed by atoms with van der Waals surface area (Å²) in [6, 6.07) is 0.328. The molecule has 1 heterocycles. The van der Waals surface area contributed by atoms with Crippen molar-refractivity contribution in [1.82, 2.24) is 10.2 Å². The maximum Gasteiger partial charge on any atom is 0.0719 e. The van der Waals surface area contributed by atoms with Crippen molar-refractivity contribution in [3.63, 3.8) is 0 Å². The zero-order chi connectivity index (χ0) is 8.97. The van der Waals surface area contributed by atoms with Gasteiger partial charge >= 0.3 is 0 Å². The van der Waals surface area contributed by atoms with Crippen LogP contribution in [0.4, 0.5) is 0 Å². The Balaban J connectivity index is 2.45. The molecule has 0 aliphatic carbocycles. The average Bonchev–Trinajstić information content (AvgIpc) is 2.10. The van der Waals surface area contributed by atoms with E-state index in [4.69, 9.17) is 0 Å². The van der Waals surface area contributed by atoms with Crippen molar-refractivity contribution in [1.29, 1.82) is 0 Å². The maximum absolute atomic E-state index is 9.72. The van der Waals surface area contributed by atoms with E-state index in [1.807, 2.05) is 0 Å². The van der Waals surface area contributed by atoms with Gasteiger partial charge in [0.15, 0.2) is 0 Å². The summed E-state index contributed by atoms with van der Waals surface area (Å²) in [6.45, 7) is 8.23. The van der Waals surface area contributed by atoms with Crippen LogP contribution in [0.3, 0.4) is 0 Å². The molecular formula is C9H20N2O. The first kappa shape index (κ1) is 9.96. The van der Waals surface area contributed by atoms with Gasteiger partial charge in [0.05, 0.1) is 6.10 Å². The second-order valence-electron chi connectivity index (χ2n) is 3.35. The van der Waals surface area contributed by atoms with Crippen molar-refractivity contribution >= 4 is 0 Å². The van der Waals surface area contributed by atoms with Crippen molar-refractivity contribution in [3.8, 4) is 0 Å². The van der Waals surface area contributed by atoms with Crippen LogP contribution in [0.15, 0.2) is 0 Å². The number of nitrogens with one attached hydrogen (secondary N) is 1. The molecule has 0 radical (unpaired) electrons. The summed E-state index contributed by atoms with van der Waals surface area (Å²) >= 11 is 0. The van der Waals surface area contributed by atoms with Crippen molar-refractivity contribution in [2.75, 3.05) is 26.2 Å². The molecule has 1 fully saturated rings. The van der Waals surface area contributed by atoms with Crippen LogP contribution in [0, 0.1) is 0 Å². The summed E-state index contributed by atoms with van der Waals surface area (Å²) in [5.41, 5.74) is 0. The summed E-state index contributed by atoms with van der Waals surface area (Å²) in [5.74, 6) is 0. The summed E-state index contributed by atoms with van der Waals surface area (Å²) in [5, 5.41) is 13.0. The average molecular weight is 172 g/mol. The molecule has 3 nitrogen and oxygen atoms in total. The number of rotatable bonds is 3. The fourth-order valence-corrected chi connectivity index (χ4v) is 1.89. The molecule has 2 N–H and O–H groups in total. The highest BCUT2D eigenvalue weighted by Gasteiger charge is 2.26. The van der Waals surface area contributed by atoms with Gasteiger partial charge < -0.3 is 10.4 Å². The molecule has 0 bridgehead atoms. The fourth-order valence-electron chi connectivity index (χ4n) is 1.89. The third kappa shape index (κ3) is 2.19. The van der Waals surface area contributed by atoms with Gasteiger partial charge in [-0.1, -0.05) is 13.8 Å². The summed E-state index contributed by atoms with van der Waals surface area (Å²) in [6.07, 6.45) is 0.757. The van der Waals surface area contributed by atoms with Crippen molar-refractivity contribution in [3.05, 3.63) is 0 Å². The molecule has 0 aromatic rings. The van der Waals surface area contributed by atoms with Gasteiger partial charge in [0, 0.05) is 12.6 Å². The highest BCUT2D eigenvalue weighted by atomic mass is 16.3. The second-order valence-corrected chi connectivity index (χ2v) is 3.35. The van der Waals surface area contributed by atoms with Gasteiger partial charge in [-0.2, -0.15) is 0 Å². The predicted molar refractivity (Wildman–Crippen MR) is 50.2 cm³/mol. The SMILES string of the molecule is CCN(CC)C1CNCCC1O. The first-order valence-electron chi connectivity index (χ1n) is 4.92. The van der Waals surface area contributed by atoms with Crippen LogP contribution >= 0.6 is 0 Å². The maximum atomic E-state index is 9.72. The molecule has 0 amide bonds. The van der Waals surface area contributed by atoms with Crippen LogP contribution in [0.5, 0.6) is 0 Å². The lowest BCUT2D eigenvalue weighted by molar-refractivity contribution is 0.0331. The van der Waals surface area contributed by atoms with Gasteiger partial charge in [-0.05, 0) is 26.1 Å². The molecule has 1 aliphatic heterocycles. The number of piperidine rings is 1. The lowest BCUT2D eigenvalue weighted by atomic mass is 10.0. The monoisotopic (exact) mass is 172 g/mol. The number of aliphatic hydroxyl groups excluding tert-OH is 1. The topological polar surface area (TPSA) is 35.5 Å². The van der Waals surface area contributed by atoms with Crippen molar-refractivity contribution < 1.29 is 5.11 Å². The molecule has 2 atom stereocenters. The first-order valence-corrected chi connectivity index (χ1v) is 4.92. The molecule has 1 saturated heterocycles. The van der Waals surface area contributed by atoms with E-state index < -0.39 is 0 Å². The largest absolute Gasteiger partial charge is 0.391 e. The van der Waals surface area contributed by atoms with Crippen LogP contribution in [0.2, 0.25) is 0 Å². The van der Waals surface area contributed by atoms with E-state index in [9.17, 15) is 5.11 Å². The predicted octanol–water partition coefficient (Wildman–Crippen LogP) is 0.0510. The quantitative estimate of drug-likeness (QED) is 0.631. The third-order valence-corrected chi connectivity index (χ3v) is 2.70. The van der Waals surface area contributed by atoms with Crippen LogP contribution in [-0.4, -0.2) is 48.3 Å². The zero-order valence-corrected chi connectivity index (χ0v) is 8.08. The highest BCUT2D eigenvalue weighted by molar-refractivity contribution is 4.84. The molecule has 12 heavy (non-hydrogen) atoms. The molecule has 72 valence electrons. The number of hydrogen-bond donors (Lipinski definition) is 2. The standard InChI is InChI=1S/C9H20N2O/c1-3-11(4-2)8-7-10-6-5-9(8)12/h8-10,12H,3-7H2,1-2H3. The zero-order valence-electron chi connectivity index (χ0n) is 8.08. The molecule has 3 heteroatoms. The van der Waals surface area contributed by atoms with E-state index >= 15 is 0 Å². The van der Waals surface area contributed by atoms with Gasteiger partial charge in [0.25, 0.3) is 0 Å². The third-order valence-electron chi connectivity index (χ3n) is 2.70. The Bertz CT molecular complexity index is 126. The Morgan fingerprint density at radius 1 is 1.42 bits per heavy atom. The van der Waals surface area contributed by atoms with E-state index in [0.717, 1.165) is 32.6 Å². The molecule has 2 unspecified atom stereocenters. The molecule has 0 aromatic carbocycles. The van der Waals surface area contributed by atoms with Gasteiger partial charge in [-0.15, -0.1) is 0 Å². The van der Waals surface area contributed by atoms with Crippen LogP contribution in [0.25, 0.3) is 0 Å². The van der Waals surface area contributed by atoms with Crippen molar-refractivity contribution in [2.45, 2.75) is 32.4 Å². The normalized spacial score (nSPS) is 31.0. The van der Waals surface area contributed by atoms with E-state index in [1.54, 1.807) is 0 Å². The minimum atomic E-state index is -0.133. The molecule has 0 spiro atoms. The highest BCUT2D eigenvalue weighted by Crippen LogP contribution is 2.10. The minimum absolute atomic E-state index is 0.133. The molecule has 1 aliphatic rings. The van der Waals surface area contributed by atoms with E-state index in [2.05, 4.69) is 24.1 Å². The summed E-state index contributed by atoms with van der Waals surface area (Å²) in [7, 11) is 0. The molecule has 0 aromatic heterocycles. The minimum Gasteiger partial charge on any atom is -0.391 e. The van der Waals surface area contributed by atoms with E-state index in [0.29, 0.717) is 6.04 Å². The van der Waals surface area contributed by atoms with E-state index in [-0.39, 0.29) is 6.10 Å². The molecular weight excluding hydrogens is 152 g/mol. The second kappa shape index (κ2) is 4.80. The number of aliphatic hydroxyl groups is 1. The Morgan fingerprint density at radius 2 is 2.08 bits per heavy atom. The van der Waals surface area contributed by atoms with Gasteiger partial charge in [-0.3, -0.25) is 4.90 Å². The van der Waals surface area contributed by atoms with Crippen LogP contribution < -0.4 is 5.32 Å². The number of nitrogens with zero attached hydrogens (tertiary/aromatic N) is 1. The van der Waals surface area contributed by atoms with Crippen LogP contribution in [-0.2, 0) is 0 Å². The lowest BCUT2D eigenvalue weighted by Gasteiger charge is -2.36. The fraction of sp³-hybridized carbons (Fsp3) is 1.00. The Morgan fingerprint density at radius 3 is 2.58 bits per heavy atom. The van der Waals surface area contributed by atoms with Gasteiger partial charge in [0.1, 0.15) is 0 Å². The first-order chi connectivity index (χ1) is 5.79. The number of likely N-dealkylation sites (N-methyl/N-ethyl adjacent to an activating group) is 1. The Labute approximate surface area is 74.8 Å². The Kier molecular flexibility index (Phi) is 3.98. The van der Waals surface area contributed by atoms with Crippen molar-refractivity contribution in [2.24, 2.45) is 0 Å². The Hall–Kier alpha value is -0.120. The summed E-state index contributed by atoms with van der Waals surface area (Å²) in [4.78, 5) is 2.32. The number of hydrogen-bond acceptors (Lipinski definition) is 3. The van der Waals surface area contributed by atoms with E-state index in [1.165, 1.54) is 0 Å². The van der Waals surface area contributed by atoms with Gasteiger partial charge in [-0.25, -0.2) is 0 Å². The lowest BCUT2D eigenvalue weighted by Crippen LogP contribution is -2.53. The van der Waals surface area contributed by atoms with Crippen LogP contribution in [0.1, 0.15) is 20.3 Å². The molecule has 0 saturated carbocycles. The van der Waals surface area contributed by atoms with Gasteiger partial charge in [0.2, 0.25) is 0 Å². The molecule has 1 rings (SSSR count). The smallest absolute Gasteiger partial charge is 0.0719 e. The summed E-state index contributed by atoms with van der Waals surface area (Å²) < 4.78 is 0.